The van der Waals surface area contributed by atoms with Crippen LogP contribution >= 0.6 is 46.3 Å². The van der Waals surface area contributed by atoms with Crippen LogP contribution in [0.25, 0.3) is 0 Å². The Morgan fingerprint density at radius 1 is 1.28 bits per heavy atom. The topological polar surface area (TPSA) is 101 Å². The molecule has 1 heterocycles. The third kappa shape index (κ3) is 6.08. The molecule has 0 spiro atoms. The van der Waals surface area contributed by atoms with Crippen LogP contribution in [0.2, 0.25) is 10.0 Å². The van der Waals surface area contributed by atoms with Gasteiger partial charge in [-0.2, -0.15) is 11.8 Å². The van der Waals surface area contributed by atoms with Crippen molar-refractivity contribution in [3.8, 4) is 0 Å². The Balaban J connectivity index is 1.82. The molecular formula is C13H14Cl2N4O3S3. The second-order valence-electron chi connectivity index (χ2n) is 4.70. The molecule has 1 aromatic heterocycles. The van der Waals surface area contributed by atoms with Gasteiger partial charge in [-0.15, -0.1) is 10.2 Å². The quantitative estimate of drug-likeness (QED) is 0.483. The highest BCUT2D eigenvalue weighted by atomic mass is 35.5. The number of thioether (sulfide) groups is 1. The Hall–Kier alpha value is -0.910. The molecule has 12 heteroatoms. The van der Waals surface area contributed by atoms with Gasteiger partial charge in [0.15, 0.2) is 0 Å². The molecule has 0 aliphatic carbocycles. The van der Waals surface area contributed by atoms with Gasteiger partial charge in [-0.3, -0.25) is 4.79 Å². The lowest BCUT2D eigenvalue weighted by Crippen LogP contribution is -2.26. The van der Waals surface area contributed by atoms with Crippen LogP contribution in [0.4, 0.5) is 5.13 Å². The minimum absolute atomic E-state index is 0.135. The highest BCUT2D eigenvalue weighted by molar-refractivity contribution is 7.98. The summed E-state index contributed by atoms with van der Waals surface area (Å²) in [6.45, 7) is 1.51. The van der Waals surface area contributed by atoms with Gasteiger partial charge in [0.2, 0.25) is 15.4 Å². The van der Waals surface area contributed by atoms with Gasteiger partial charge >= 0.3 is 0 Å². The Kier molecular flexibility index (Phi) is 7.47. The van der Waals surface area contributed by atoms with Crippen LogP contribution in [0.5, 0.6) is 0 Å². The Morgan fingerprint density at radius 2 is 1.96 bits per heavy atom. The Bertz CT molecular complexity index is 838. The number of benzene rings is 1. The molecule has 0 saturated heterocycles. The molecule has 2 N–H and O–H groups in total. The lowest BCUT2D eigenvalue weighted by atomic mass is 10.2. The van der Waals surface area contributed by atoms with Crippen molar-refractivity contribution in [2.75, 3.05) is 17.6 Å². The van der Waals surface area contributed by atoms with E-state index in [1.165, 1.54) is 18.7 Å². The Labute approximate surface area is 163 Å². The van der Waals surface area contributed by atoms with E-state index in [-0.39, 0.29) is 21.9 Å². The monoisotopic (exact) mass is 440 g/mol. The summed E-state index contributed by atoms with van der Waals surface area (Å²) < 4.78 is 26.4. The molecule has 0 atom stereocenters. The van der Waals surface area contributed by atoms with Gasteiger partial charge < -0.3 is 5.32 Å². The maximum atomic E-state index is 12.1. The number of halogens is 2. The fourth-order valence-electron chi connectivity index (χ4n) is 1.67. The first kappa shape index (κ1) is 20.4. The summed E-state index contributed by atoms with van der Waals surface area (Å²) >= 11 is 14.4. The number of nitrogens with zero attached hydrogens (tertiary/aromatic N) is 2. The van der Waals surface area contributed by atoms with Crippen molar-refractivity contribution < 1.29 is 13.2 Å². The lowest BCUT2D eigenvalue weighted by molar-refractivity contribution is -0.114. The summed E-state index contributed by atoms with van der Waals surface area (Å²) in [6, 6.07) is 5.28. The molecule has 136 valence electrons. The molecule has 2 rings (SSSR count). The van der Waals surface area contributed by atoms with Gasteiger partial charge in [-0.25, -0.2) is 13.1 Å². The summed E-state index contributed by atoms with van der Waals surface area (Å²) in [4.78, 5) is 10.9. The standard InChI is InChI=1S/C13H14Cl2N4O3S3/c1-8(20)17-12-18-19-13(24-12)25(21,22)16-5-6-23-7-9-10(14)3-2-4-11(9)15/h2-4,16H,5-7H2,1H3,(H,17,18,20). The third-order valence-corrected chi connectivity index (χ3v) is 7.13. The lowest BCUT2D eigenvalue weighted by Gasteiger charge is -2.07. The van der Waals surface area contributed by atoms with Crippen molar-refractivity contribution in [2.45, 2.75) is 17.0 Å². The number of aromatic nitrogens is 2. The van der Waals surface area contributed by atoms with Crippen LogP contribution in [-0.2, 0) is 20.6 Å². The zero-order valence-corrected chi connectivity index (χ0v) is 16.9. The average Bonchev–Trinajstić information content (AvgIpc) is 2.98. The molecule has 7 nitrogen and oxygen atoms in total. The molecule has 2 aromatic rings. The molecule has 1 amide bonds. The summed E-state index contributed by atoms with van der Waals surface area (Å²) in [6.07, 6.45) is 0. The number of hydrogen-bond acceptors (Lipinski definition) is 7. The van der Waals surface area contributed by atoms with Gasteiger partial charge in [0.25, 0.3) is 10.0 Å². The van der Waals surface area contributed by atoms with Gasteiger partial charge in [-0.05, 0) is 17.7 Å². The third-order valence-electron chi connectivity index (χ3n) is 2.77. The number of anilines is 1. The molecule has 0 radical (unpaired) electrons. The second-order valence-corrected chi connectivity index (χ2v) is 9.54. The van der Waals surface area contributed by atoms with E-state index < -0.39 is 10.0 Å². The van der Waals surface area contributed by atoms with E-state index in [2.05, 4.69) is 20.2 Å². The highest BCUT2D eigenvalue weighted by Gasteiger charge is 2.20. The van der Waals surface area contributed by atoms with E-state index in [0.29, 0.717) is 21.6 Å². The Morgan fingerprint density at radius 3 is 2.60 bits per heavy atom. The van der Waals surface area contributed by atoms with Crippen molar-refractivity contribution in [1.29, 1.82) is 0 Å². The predicted octanol–water partition coefficient (Wildman–Crippen LogP) is 3.02. The van der Waals surface area contributed by atoms with Gasteiger partial charge in [0.05, 0.1) is 0 Å². The highest BCUT2D eigenvalue weighted by Crippen LogP contribution is 2.28. The number of rotatable bonds is 8. The first-order valence-corrected chi connectivity index (χ1v) is 11.1. The minimum Gasteiger partial charge on any atom is -0.301 e. The number of amides is 1. The largest absolute Gasteiger partial charge is 0.301 e. The van der Waals surface area contributed by atoms with Crippen LogP contribution in [0, 0.1) is 0 Å². The maximum absolute atomic E-state index is 12.1. The molecule has 0 unspecified atom stereocenters. The molecule has 1 aromatic carbocycles. The summed E-state index contributed by atoms with van der Waals surface area (Å²) in [5.74, 6) is 0.756. The second kappa shape index (κ2) is 9.15. The molecule has 0 fully saturated rings. The minimum atomic E-state index is -3.76. The number of hydrogen-bond donors (Lipinski definition) is 2. The molecule has 0 aliphatic rings. The summed E-state index contributed by atoms with van der Waals surface area (Å²) in [7, 11) is -3.76. The van der Waals surface area contributed by atoms with Gasteiger partial charge in [0.1, 0.15) is 0 Å². The summed E-state index contributed by atoms with van der Waals surface area (Å²) in [5, 5.41) is 10.9. The SMILES string of the molecule is CC(=O)Nc1nnc(S(=O)(=O)NCCSCc2c(Cl)cccc2Cl)s1. The molecule has 0 aliphatic heterocycles. The normalized spacial score (nSPS) is 11.5. The number of sulfonamides is 1. The fourth-order valence-corrected chi connectivity index (χ4v) is 5.42. The molecule has 0 bridgehead atoms. The number of carbonyl (C=O) groups excluding carboxylic acids is 1. The molecular weight excluding hydrogens is 427 g/mol. The van der Waals surface area contributed by atoms with Crippen LogP contribution in [0.15, 0.2) is 22.5 Å². The molecule has 0 saturated carbocycles. The average molecular weight is 441 g/mol. The van der Waals surface area contributed by atoms with Crippen LogP contribution in [0.1, 0.15) is 12.5 Å². The van der Waals surface area contributed by atoms with E-state index in [4.69, 9.17) is 23.2 Å². The van der Waals surface area contributed by atoms with Gasteiger partial charge in [0, 0.05) is 35.0 Å². The van der Waals surface area contributed by atoms with E-state index in [9.17, 15) is 13.2 Å². The van der Waals surface area contributed by atoms with Crippen molar-refractivity contribution in [3.05, 3.63) is 33.8 Å². The van der Waals surface area contributed by atoms with Gasteiger partial charge in [-0.1, -0.05) is 40.6 Å². The van der Waals surface area contributed by atoms with E-state index >= 15 is 0 Å². The zero-order valence-electron chi connectivity index (χ0n) is 13.0. The summed E-state index contributed by atoms with van der Waals surface area (Å²) in [5.41, 5.74) is 0.822. The van der Waals surface area contributed by atoms with Crippen molar-refractivity contribution in [1.82, 2.24) is 14.9 Å². The first-order chi connectivity index (χ1) is 11.8. The first-order valence-electron chi connectivity index (χ1n) is 6.91. The van der Waals surface area contributed by atoms with E-state index in [0.717, 1.165) is 16.9 Å². The van der Waals surface area contributed by atoms with Crippen molar-refractivity contribution >= 4 is 67.4 Å². The molecule has 25 heavy (non-hydrogen) atoms. The van der Waals surface area contributed by atoms with Crippen molar-refractivity contribution in [3.63, 3.8) is 0 Å². The van der Waals surface area contributed by atoms with Crippen LogP contribution in [0.3, 0.4) is 0 Å². The fraction of sp³-hybridized carbons (Fsp3) is 0.308. The van der Waals surface area contributed by atoms with Crippen LogP contribution in [-0.4, -0.2) is 36.8 Å². The maximum Gasteiger partial charge on any atom is 0.269 e. The number of carbonyl (C=O) groups is 1. The van der Waals surface area contributed by atoms with E-state index in [1.807, 2.05) is 0 Å². The smallest absolute Gasteiger partial charge is 0.269 e. The predicted molar refractivity (Wildman–Crippen MR) is 102 cm³/mol. The zero-order chi connectivity index (χ0) is 18.4. The van der Waals surface area contributed by atoms with E-state index in [1.54, 1.807) is 18.2 Å². The van der Waals surface area contributed by atoms with Crippen molar-refractivity contribution in [2.24, 2.45) is 0 Å². The number of nitrogens with one attached hydrogen (secondary N) is 2. The van der Waals surface area contributed by atoms with Crippen LogP contribution < -0.4 is 10.0 Å².